The lowest BCUT2D eigenvalue weighted by Gasteiger charge is -2.55. The summed E-state index contributed by atoms with van der Waals surface area (Å²) in [5.74, 6) is 1.32. The molecule has 5 rings (SSSR count). The van der Waals surface area contributed by atoms with Gasteiger partial charge in [-0.15, -0.1) is 0 Å². The number of nitro benzene ring substituents is 1. The Labute approximate surface area is 239 Å². The number of phenols is 2. The third-order valence-corrected chi connectivity index (χ3v) is 8.71. The highest BCUT2D eigenvalue weighted by atomic mass is 16.6. The highest BCUT2D eigenvalue weighted by molar-refractivity contribution is 5.79. The molecule has 0 bridgehead atoms. The number of ether oxygens (including phenoxy) is 2. The van der Waals surface area contributed by atoms with E-state index < -0.39 is 4.92 Å². The van der Waals surface area contributed by atoms with Gasteiger partial charge in [0, 0.05) is 18.1 Å². The van der Waals surface area contributed by atoms with Gasteiger partial charge in [0.2, 0.25) is 0 Å². The van der Waals surface area contributed by atoms with Gasteiger partial charge in [0.1, 0.15) is 17.1 Å². The van der Waals surface area contributed by atoms with E-state index >= 15 is 0 Å². The van der Waals surface area contributed by atoms with E-state index in [0.29, 0.717) is 23.3 Å². The Hall–Kier alpha value is -4.30. The molecule has 3 aromatic rings. The molecule has 1 saturated carbocycles. The molecule has 0 amide bonds. The van der Waals surface area contributed by atoms with Gasteiger partial charge in [0.15, 0.2) is 11.5 Å². The van der Waals surface area contributed by atoms with Crippen molar-refractivity contribution in [2.75, 3.05) is 7.11 Å². The summed E-state index contributed by atoms with van der Waals surface area (Å²) >= 11 is 0. The Morgan fingerprint density at radius 1 is 0.951 bits per heavy atom. The molecular weight excluding hydrogens is 522 g/mol. The van der Waals surface area contributed by atoms with Crippen LogP contribution in [0.1, 0.15) is 61.4 Å². The predicted octanol–water partition coefficient (Wildman–Crippen LogP) is 6.85. The number of aromatic hydroxyl groups is 2. The molecule has 0 spiro atoms. The number of methoxy groups -OCH3 is 1. The van der Waals surface area contributed by atoms with Crippen molar-refractivity contribution in [3.63, 3.8) is 0 Å². The van der Waals surface area contributed by atoms with Crippen molar-refractivity contribution in [3.05, 3.63) is 86.5 Å². The molecule has 8 heteroatoms. The van der Waals surface area contributed by atoms with Crippen molar-refractivity contribution in [2.45, 2.75) is 51.7 Å². The summed E-state index contributed by atoms with van der Waals surface area (Å²) in [6, 6.07) is 13.1. The largest absolute Gasteiger partial charge is 0.507 e. The van der Waals surface area contributed by atoms with E-state index in [4.69, 9.17) is 9.47 Å². The minimum atomic E-state index is -0.469. The minimum absolute atomic E-state index is 0.0110. The normalized spacial score (nSPS) is 23.1. The number of aliphatic hydroxyl groups excluding tert-OH is 1. The lowest BCUT2D eigenvalue weighted by Crippen LogP contribution is -2.58. The van der Waals surface area contributed by atoms with E-state index in [0.717, 1.165) is 29.7 Å². The molecule has 41 heavy (non-hydrogen) atoms. The van der Waals surface area contributed by atoms with Crippen LogP contribution in [0.4, 0.5) is 5.69 Å². The molecule has 0 radical (unpaired) electrons. The van der Waals surface area contributed by atoms with E-state index in [9.17, 15) is 25.4 Å². The van der Waals surface area contributed by atoms with Crippen LogP contribution in [0.15, 0.2) is 48.5 Å². The number of fused-ring (bicyclic) bond motifs is 2. The van der Waals surface area contributed by atoms with Gasteiger partial charge in [0.05, 0.1) is 23.7 Å². The van der Waals surface area contributed by atoms with Crippen LogP contribution < -0.4 is 9.47 Å². The van der Waals surface area contributed by atoms with Gasteiger partial charge in [-0.2, -0.15) is 0 Å². The highest BCUT2D eigenvalue weighted by Gasteiger charge is 2.54. The lowest BCUT2D eigenvalue weighted by molar-refractivity contribution is -0.384. The zero-order valence-electron chi connectivity index (χ0n) is 23.6. The highest BCUT2D eigenvalue weighted by Crippen LogP contribution is 2.55. The molecule has 1 aliphatic carbocycles. The van der Waals surface area contributed by atoms with Crippen LogP contribution in [0.25, 0.3) is 24.3 Å². The summed E-state index contributed by atoms with van der Waals surface area (Å²) in [5, 5.41) is 42.8. The second-order valence-electron chi connectivity index (χ2n) is 11.7. The molecule has 0 aromatic heterocycles. The van der Waals surface area contributed by atoms with Crippen molar-refractivity contribution in [1.29, 1.82) is 0 Å². The summed E-state index contributed by atoms with van der Waals surface area (Å²) in [7, 11) is 1.62. The van der Waals surface area contributed by atoms with Crippen molar-refractivity contribution < 1.29 is 29.7 Å². The van der Waals surface area contributed by atoms with Crippen LogP contribution in [0, 0.1) is 21.4 Å². The van der Waals surface area contributed by atoms with Crippen LogP contribution in [0.5, 0.6) is 23.0 Å². The standard InChI is InChI=1S/C33H35NO7/c1-32(2)29-19-23-15-21(18-28(40-4)31(23)41-33(29,3)14-13-30(32)37)5-6-22-16-26(35)25(27(36)17-22)12-9-20-7-10-24(11-8-20)34(38)39/h5-12,15-18,29-30,35-37H,13-14,19H2,1-4H3/b6-5+,12-9+/t29-,30-,33-/m1/s1. The number of nitrogens with zero attached hydrogens (tertiary/aromatic N) is 1. The lowest BCUT2D eigenvalue weighted by atomic mass is 9.57. The van der Waals surface area contributed by atoms with Gasteiger partial charge in [-0.25, -0.2) is 0 Å². The monoisotopic (exact) mass is 557 g/mol. The number of hydrogen-bond donors (Lipinski definition) is 3. The van der Waals surface area contributed by atoms with Gasteiger partial charge < -0.3 is 24.8 Å². The first-order valence-electron chi connectivity index (χ1n) is 13.7. The number of aliphatic hydroxyl groups is 1. The van der Waals surface area contributed by atoms with Crippen LogP contribution in [0.2, 0.25) is 0 Å². The van der Waals surface area contributed by atoms with E-state index in [1.807, 2.05) is 12.1 Å². The number of rotatable bonds is 6. The smallest absolute Gasteiger partial charge is 0.269 e. The number of phenolic OH excluding ortho intramolecular Hbond substituents is 2. The molecule has 3 aromatic carbocycles. The molecule has 1 fully saturated rings. The first kappa shape index (κ1) is 28.2. The summed E-state index contributed by atoms with van der Waals surface area (Å²) in [5.41, 5.74) is 2.74. The average Bonchev–Trinajstić information content (AvgIpc) is 2.93. The average molecular weight is 558 g/mol. The number of hydrogen-bond acceptors (Lipinski definition) is 7. The maximum Gasteiger partial charge on any atom is 0.269 e. The molecule has 0 unspecified atom stereocenters. The molecule has 1 heterocycles. The van der Waals surface area contributed by atoms with E-state index in [1.165, 1.54) is 12.1 Å². The molecule has 3 atom stereocenters. The van der Waals surface area contributed by atoms with Crippen molar-refractivity contribution >= 4 is 30.0 Å². The first-order chi connectivity index (χ1) is 19.4. The SMILES string of the molecule is COc1cc(/C=C/c2cc(O)c(/C=C/c3ccc([N+](=O)[O-])cc3)c(O)c2)cc2c1O[C@]1(C)CC[C@@H](O)C(C)(C)[C@H]1C2. The molecule has 3 N–H and O–H groups in total. The van der Waals surface area contributed by atoms with Gasteiger partial charge in [-0.3, -0.25) is 10.1 Å². The second kappa shape index (κ2) is 10.6. The van der Waals surface area contributed by atoms with E-state index in [2.05, 4.69) is 26.8 Å². The summed E-state index contributed by atoms with van der Waals surface area (Å²) < 4.78 is 12.3. The second-order valence-corrected chi connectivity index (χ2v) is 11.7. The Morgan fingerprint density at radius 3 is 2.17 bits per heavy atom. The zero-order chi connectivity index (χ0) is 29.5. The Balaban J connectivity index is 1.39. The molecule has 214 valence electrons. The molecule has 8 nitrogen and oxygen atoms in total. The third-order valence-electron chi connectivity index (χ3n) is 8.71. The van der Waals surface area contributed by atoms with Crippen LogP contribution >= 0.6 is 0 Å². The Morgan fingerprint density at radius 2 is 1.56 bits per heavy atom. The Bertz CT molecular complexity index is 1520. The van der Waals surface area contributed by atoms with E-state index in [1.54, 1.807) is 49.6 Å². The summed E-state index contributed by atoms with van der Waals surface area (Å²) in [6.07, 6.45) is 8.75. The van der Waals surface area contributed by atoms with Crippen molar-refractivity contribution in [3.8, 4) is 23.0 Å². The van der Waals surface area contributed by atoms with Crippen LogP contribution in [-0.2, 0) is 6.42 Å². The topological polar surface area (TPSA) is 122 Å². The predicted molar refractivity (Wildman–Crippen MR) is 159 cm³/mol. The van der Waals surface area contributed by atoms with Crippen LogP contribution in [0.3, 0.4) is 0 Å². The van der Waals surface area contributed by atoms with Crippen molar-refractivity contribution in [2.24, 2.45) is 11.3 Å². The summed E-state index contributed by atoms with van der Waals surface area (Å²) in [6.45, 7) is 6.35. The van der Waals surface area contributed by atoms with Gasteiger partial charge in [0.25, 0.3) is 5.69 Å². The quantitative estimate of drug-likeness (QED) is 0.172. The van der Waals surface area contributed by atoms with Crippen molar-refractivity contribution in [1.82, 2.24) is 0 Å². The number of benzene rings is 3. The molecule has 1 aliphatic heterocycles. The zero-order valence-corrected chi connectivity index (χ0v) is 23.6. The maximum atomic E-state index is 10.8. The fourth-order valence-electron chi connectivity index (χ4n) is 6.23. The maximum absolute atomic E-state index is 10.8. The Kier molecular flexibility index (Phi) is 7.30. The summed E-state index contributed by atoms with van der Waals surface area (Å²) in [4.78, 5) is 10.4. The molecule has 2 aliphatic rings. The van der Waals surface area contributed by atoms with Gasteiger partial charge in [-0.1, -0.05) is 32.1 Å². The molecule has 0 saturated heterocycles. The molecular formula is C33H35NO7. The number of non-ortho nitro benzene ring substituents is 1. The van der Waals surface area contributed by atoms with Gasteiger partial charge in [-0.05, 0) is 96.3 Å². The third kappa shape index (κ3) is 5.39. The minimum Gasteiger partial charge on any atom is -0.507 e. The number of nitro groups is 1. The van der Waals surface area contributed by atoms with Crippen LogP contribution in [-0.4, -0.2) is 39.1 Å². The first-order valence-corrected chi connectivity index (χ1v) is 13.7. The van der Waals surface area contributed by atoms with E-state index in [-0.39, 0.29) is 45.8 Å². The fourth-order valence-corrected chi connectivity index (χ4v) is 6.23. The van der Waals surface area contributed by atoms with Gasteiger partial charge >= 0.3 is 0 Å². The fraction of sp³-hybridized carbons (Fsp3) is 0.333.